The summed E-state index contributed by atoms with van der Waals surface area (Å²) in [6.07, 6.45) is 1.55. The molecule has 0 amide bonds. The maximum Gasteiger partial charge on any atom is 0.238 e. The van der Waals surface area contributed by atoms with Gasteiger partial charge >= 0.3 is 0 Å². The highest BCUT2D eigenvalue weighted by atomic mass is 35.5. The predicted octanol–water partition coefficient (Wildman–Crippen LogP) is 3.12. The number of halogens is 1. The van der Waals surface area contributed by atoms with Crippen molar-refractivity contribution in [1.29, 1.82) is 0 Å². The number of nitrogens with zero attached hydrogens (tertiary/aromatic N) is 2. The second-order valence-electron chi connectivity index (χ2n) is 3.64. The van der Waals surface area contributed by atoms with Gasteiger partial charge in [0.05, 0.1) is 28.3 Å². The SMILES string of the molecule is Cc1ncc(Oc2c(N)cccc2Cl)nc1C. The number of hydrogen-bond donors (Lipinski definition) is 1. The van der Waals surface area contributed by atoms with Gasteiger partial charge in [0.1, 0.15) is 0 Å². The quantitative estimate of drug-likeness (QED) is 0.831. The third kappa shape index (κ3) is 2.47. The van der Waals surface area contributed by atoms with E-state index < -0.39 is 0 Å². The minimum absolute atomic E-state index is 0.382. The van der Waals surface area contributed by atoms with Crippen molar-refractivity contribution in [3.05, 3.63) is 40.8 Å². The largest absolute Gasteiger partial charge is 0.434 e. The fourth-order valence-electron chi connectivity index (χ4n) is 1.31. The standard InChI is InChI=1S/C12H12ClN3O/c1-7-8(2)16-11(6-15-7)17-12-9(13)4-3-5-10(12)14/h3-6H,14H2,1-2H3. The molecular weight excluding hydrogens is 238 g/mol. The van der Waals surface area contributed by atoms with Gasteiger partial charge in [-0.2, -0.15) is 0 Å². The molecule has 5 heteroatoms. The summed E-state index contributed by atoms with van der Waals surface area (Å²) in [5.74, 6) is 0.791. The third-order valence-corrected chi connectivity index (χ3v) is 2.67. The Hall–Kier alpha value is -1.81. The van der Waals surface area contributed by atoms with Crippen molar-refractivity contribution in [3.63, 3.8) is 0 Å². The number of nitrogens with two attached hydrogens (primary N) is 1. The third-order valence-electron chi connectivity index (χ3n) is 2.37. The highest BCUT2D eigenvalue weighted by molar-refractivity contribution is 6.32. The Kier molecular flexibility index (Phi) is 3.15. The van der Waals surface area contributed by atoms with Crippen LogP contribution in [-0.4, -0.2) is 9.97 Å². The predicted molar refractivity (Wildman–Crippen MR) is 67.4 cm³/mol. The lowest BCUT2D eigenvalue weighted by Gasteiger charge is -2.09. The molecule has 0 aliphatic heterocycles. The average Bonchev–Trinajstić information content (AvgIpc) is 2.28. The Bertz CT molecular complexity index is 537. The molecule has 0 aliphatic rings. The van der Waals surface area contributed by atoms with Gasteiger partial charge in [0.25, 0.3) is 0 Å². The molecule has 1 aromatic carbocycles. The van der Waals surface area contributed by atoms with Crippen LogP contribution in [0.2, 0.25) is 5.02 Å². The number of ether oxygens (including phenoxy) is 1. The smallest absolute Gasteiger partial charge is 0.238 e. The molecule has 1 aromatic heterocycles. The van der Waals surface area contributed by atoms with Crippen molar-refractivity contribution in [3.8, 4) is 11.6 Å². The monoisotopic (exact) mass is 249 g/mol. The van der Waals surface area contributed by atoms with Gasteiger partial charge in [-0.25, -0.2) is 4.98 Å². The molecule has 2 rings (SSSR count). The van der Waals surface area contributed by atoms with Crippen LogP contribution in [0.4, 0.5) is 5.69 Å². The molecule has 0 unspecified atom stereocenters. The van der Waals surface area contributed by atoms with E-state index in [1.165, 1.54) is 0 Å². The van der Waals surface area contributed by atoms with Gasteiger partial charge in [0.15, 0.2) is 5.75 Å². The highest BCUT2D eigenvalue weighted by Crippen LogP contribution is 2.33. The van der Waals surface area contributed by atoms with Crippen LogP contribution in [0, 0.1) is 13.8 Å². The Balaban J connectivity index is 2.35. The lowest BCUT2D eigenvalue weighted by atomic mass is 10.3. The van der Waals surface area contributed by atoms with Crippen LogP contribution >= 0.6 is 11.6 Å². The first-order valence-electron chi connectivity index (χ1n) is 5.10. The molecule has 2 aromatic rings. The van der Waals surface area contributed by atoms with Crippen molar-refractivity contribution in [2.24, 2.45) is 0 Å². The van der Waals surface area contributed by atoms with Crippen LogP contribution in [0.3, 0.4) is 0 Å². The van der Waals surface area contributed by atoms with Gasteiger partial charge in [-0.1, -0.05) is 17.7 Å². The lowest BCUT2D eigenvalue weighted by Crippen LogP contribution is -1.97. The summed E-state index contributed by atoms with van der Waals surface area (Å²) in [4.78, 5) is 8.41. The Labute approximate surface area is 104 Å². The first-order valence-corrected chi connectivity index (χ1v) is 5.48. The topological polar surface area (TPSA) is 61.0 Å². The fraction of sp³-hybridized carbons (Fsp3) is 0.167. The summed E-state index contributed by atoms with van der Waals surface area (Å²) < 4.78 is 5.55. The molecule has 1 heterocycles. The molecule has 0 aliphatic carbocycles. The number of rotatable bonds is 2. The van der Waals surface area contributed by atoms with Crippen LogP contribution < -0.4 is 10.5 Å². The van der Waals surface area contributed by atoms with Crippen molar-refractivity contribution < 1.29 is 4.74 Å². The van der Waals surface area contributed by atoms with Gasteiger partial charge in [0, 0.05) is 0 Å². The van der Waals surface area contributed by atoms with Gasteiger partial charge in [-0.15, -0.1) is 0 Å². The second kappa shape index (κ2) is 4.59. The van der Waals surface area contributed by atoms with Crippen LogP contribution in [-0.2, 0) is 0 Å². The van der Waals surface area contributed by atoms with Crippen LogP contribution in [0.15, 0.2) is 24.4 Å². The number of para-hydroxylation sites is 1. The average molecular weight is 250 g/mol. The summed E-state index contributed by atoms with van der Waals surface area (Å²) in [6.45, 7) is 3.75. The van der Waals surface area contributed by atoms with Crippen molar-refractivity contribution in [1.82, 2.24) is 9.97 Å². The molecule has 0 saturated heterocycles. The molecule has 0 radical (unpaired) electrons. The molecule has 2 N–H and O–H groups in total. The van der Waals surface area contributed by atoms with Gasteiger partial charge in [0.2, 0.25) is 5.88 Å². The summed E-state index contributed by atoms with van der Waals surface area (Å²) >= 11 is 6.00. The molecular formula is C12H12ClN3O. The van der Waals surface area contributed by atoms with E-state index in [0.717, 1.165) is 11.4 Å². The lowest BCUT2D eigenvalue weighted by molar-refractivity contribution is 0.460. The summed E-state index contributed by atoms with van der Waals surface area (Å²) in [6, 6.07) is 5.19. The Morgan fingerprint density at radius 1 is 1.24 bits per heavy atom. The number of nitrogen functional groups attached to an aromatic ring is 1. The maximum atomic E-state index is 6.00. The van der Waals surface area contributed by atoms with Crippen molar-refractivity contribution in [2.45, 2.75) is 13.8 Å². The molecule has 0 atom stereocenters. The zero-order valence-corrected chi connectivity index (χ0v) is 10.3. The van der Waals surface area contributed by atoms with E-state index in [0.29, 0.717) is 22.3 Å². The number of aryl methyl sites for hydroxylation is 2. The van der Waals surface area contributed by atoms with Crippen molar-refractivity contribution >= 4 is 17.3 Å². The number of hydrogen-bond acceptors (Lipinski definition) is 4. The normalized spacial score (nSPS) is 10.3. The van der Waals surface area contributed by atoms with Crippen LogP contribution in [0.1, 0.15) is 11.4 Å². The number of aromatic nitrogens is 2. The molecule has 0 bridgehead atoms. The zero-order valence-electron chi connectivity index (χ0n) is 9.57. The van der Waals surface area contributed by atoms with E-state index in [4.69, 9.17) is 22.1 Å². The summed E-state index contributed by atoms with van der Waals surface area (Å²) in [7, 11) is 0. The fourth-order valence-corrected chi connectivity index (χ4v) is 1.53. The first-order chi connectivity index (χ1) is 8.08. The molecule has 17 heavy (non-hydrogen) atoms. The number of benzene rings is 1. The highest BCUT2D eigenvalue weighted by Gasteiger charge is 2.08. The second-order valence-corrected chi connectivity index (χ2v) is 4.05. The van der Waals surface area contributed by atoms with Gasteiger partial charge in [-0.05, 0) is 26.0 Å². The zero-order chi connectivity index (χ0) is 12.4. The van der Waals surface area contributed by atoms with Crippen LogP contribution in [0.25, 0.3) is 0 Å². The molecule has 0 fully saturated rings. The number of anilines is 1. The van der Waals surface area contributed by atoms with E-state index in [1.54, 1.807) is 24.4 Å². The minimum Gasteiger partial charge on any atom is -0.434 e. The summed E-state index contributed by atoms with van der Waals surface area (Å²) in [5, 5.41) is 0.449. The molecule has 0 saturated carbocycles. The van der Waals surface area contributed by atoms with Gasteiger partial charge in [-0.3, -0.25) is 4.98 Å². The molecule has 88 valence electrons. The maximum absolute atomic E-state index is 6.00. The summed E-state index contributed by atoms with van der Waals surface area (Å²) in [5.41, 5.74) is 7.93. The van der Waals surface area contributed by atoms with E-state index >= 15 is 0 Å². The van der Waals surface area contributed by atoms with E-state index in [-0.39, 0.29) is 0 Å². The van der Waals surface area contributed by atoms with E-state index in [1.807, 2.05) is 13.8 Å². The van der Waals surface area contributed by atoms with Crippen LogP contribution in [0.5, 0.6) is 11.6 Å². The van der Waals surface area contributed by atoms with Crippen molar-refractivity contribution in [2.75, 3.05) is 5.73 Å². The van der Waals surface area contributed by atoms with E-state index in [9.17, 15) is 0 Å². The van der Waals surface area contributed by atoms with E-state index in [2.05, 4.69) is 9.97 Å². The Morgan fingerprint density at radius 2 is 2.00 bits per heavy atom. The Morgan fingerprint density at radius 3 is 2.65 bits per heavy atom. The molecule has 0 spiro atoms. The first kappa shape index (κ1) is 11.7. The minimum atomic E-state index is 0.382. The molecule has 4 nitrogen and oxygen atoms in total. The van der Waals surface area contributed by atoms with Gasteiger partial charge < -0.3 is 10.5 Å².